The quantitative estimate of drug-likeness (QED) is 0.734. The molecule has 1 saturated carbocycles. The number of hydrogen-bond acceptors (Lipinski definition) is 5. The highest BCUT2D eigenvalue weighted by Crippen LogP contribution is 2.51. The van der Waals surface area contributed by atoms with E-state index in [0.29, 0.717) is 30.1 Å². The number of nitrogens with one attached hydrogen (secondary N) is 1. The lowest BCUT2D eigenvalue weighted by Crippen LogP contribution is -2.52. The number of ether oxygens (including phenoxy) is 1. The summed E-state index contributed by atoms with van der Waals surface area (Å²) in [5, 5.41) is 0. The first-order chi connectivity index (χ1) is 14.0. The van der Waals surface area contributed by atoms with Crippen molar-refractivity contribution in [2.45, 2.75) is 18.4 Å². The topological polar surface area (TPSA) is 84.9 Å². The number of benzene rings is 2. The Hall–Kier alpha value is -2.42. The van der Waals surface area contributed by atoms with Crippen molar-refractivity contribution in [2.24, 2.45) is 0 Å². The molecule has 1 atom stereocenters. The van der Waals surface area contributed by atoms with Crippen molar-refractivity contribution < 1.29 is 18.3 Å². The Kier molecular flexibility index (Phi) is 5.58. The SMILES string of the molecule is COc1cc(C(=O)N2CCN(C3(c4ccccc4)CC3)CC2)ccc1NS(=O)[O-]. The standard InChI is InChI=1S/C21H25N3O4S/c1-28-19-15-16(7-8-18(19)22-29(26)27)20(25)23-11-13-24(14-12-23)21(9-10-21)17-5-3-2-4-6-17/h2-8,15,22H,9-14H2,1H3,(H,26,27)/p-1. The van der Waals surface area contributed by atoms with Gasteiger partial charge in [0.05, 0.1) is 12.8 Å². The maximum Gasteiger partial charge on any atom is 0.254 e. The second kappa shape index (κ2) is 8.14. The van der Waals surface area contributed by atoms with Crippen LogP contribution in [0, 0.1) is 0 Å². The zero-order chi connectivity index (χ0) is 20.4. The molecule has 1 N–H and O–H groups in total. The van der Waals surface area contributed by atoms with Gasteiger partial charge in [-0.05, 0) is 36.6 Å². The summed E-state index contributed by atoms with van der Waals surface area (Å²) >= 11 is -2.45. The maximum absolute atomic E-state index is 13.0. The fourth-order valence-corrected chi connectivity index (χ4v) is 4.52. The highest BCUT2D eigenvalue weighted by molar-refractivity contribution is 7.80. The van der Waals surface area contributed by atoms with E-state index in [1.807, 2.05) is 11.0 Å². The molecule has 154 valence electrons. The van der Waals surface area contributed by atoms with E-state index in [9.17, 15) is 13.6 Å². The summed E-state index contributed by atoms with van der Waals surface area (Å²) < 4.78 is 29.3. The molecule has 1 amide bonds. The monoisotopic (exact) mass is 414 g/mol. The van der Waals surface area contributed by atoms with E-state index in [2.05, 4.69) is 33.9 Å². The van der Waals surface area contributed by atoms with Gasteiger partial charge < -0.3 is 18.9 Å². The van der Waals surface area contributed by atoms with Crippen molar-refractivity contribution in [3.63, 3.8) is 0 Å². The van der Waals surface area contributed by atoms with Crippen LogP contribution in [0.5, 0.6) is 5.75 Å². The van der Waals surface area contributed by atoms with Gasteiger partial charge in [0.15, 0.2) is 0 Å². The molecular formula is C21H24N3O4S-. The van der Waals surface area contributed by atoms with E-state index in [4.69, 9.17) is 4.74 Å². The van der Waals surface area contributed by atoms with E-state index < -0.39 is 11.3 Å². The molecule has 2 aromatic rings. The average molecular weight is 415 g/mol. The number of amides is 1. The number of nitrogens with zero attached hydrogens (tertiary/aromatic N) is 2. The maximum atomic E-state index is 13.0. The Bertz CT molecular complexity index is 909. The fraction of sp³-hybridized carbons (Fsp3) is 0.381. The molecule has 1 aliphatic heterocycles. The minimum absolute atomic E-state index is 0.0673. The number of carbonyl (C=O) groups is 1. The minimum atomic E-state index is -2.45. The predicted molar refractivity (Wildman–Crippen MR) is 110 cm³/mol. The van der Waals surface area contributed by atoms with E-state index >= 15 is 0 Å². The largest absolute Gasteiger partial charge is 0.755 e. The Morgan fingerprint density at radius 1 is 1.10 bits per heavy atom. The van der Waals surface area contributed by atoms with Gasteiger partial charge in [-0.3, -0.25) is 13.9 Å². The van der Waals surface area contributed by atoms with Crippen molar-refractivity contribution >= 4 is 22.9 Å². The molecule has 1 heterocycles. The molecule has 0 spiro atoms. The van der Waals surface area contributed by atoms with Crippen LogP contribution < -0.4 is 9.46 Å². The molecule has 29 heavy (non-hydrogen) atoms. The number of piperazine rings is 1. The van der Waals surface area contributed by atoms with Crippen molar-refractivity contribution in [1.82, 2.24) is 9.80 Å². The lowest BCUT2D eigenvalue weighted by molar-refractivity contribution is 0.0531. The summed E-state index contributed by atoms with van der Waals surface area (Å²) in [7, 11) is 1.44. The first-order valence-corrected chi connectivity index (χ1v) is 10.7. The lowest BCUT2D eigenvalue weighted by Gasteiger charge is -2.40. The summed E-state index contributed by atoms with van der Waals surface area (Å²) in [5.74, 6) is 0.252. The third-order valence-corrected chi connectivity index (χ3v) is 6.24. The van der Waals surface area contributed by atoms with Gasteiger partial charge in [-0.25, -0.2) is 0 Å². The summed E-state index contributed by atoms with van der Waals surface area (Å²) in [6.45, 7) is 3.01. The Morgan fingerprint density at radius 2 is 1.79 bits per heavy atom. The minimum Gasteiger partial charge on any atom is -0.755 e. The Balaban J connectivity index is 1.42. The van der Waals surface area contributed by atoms with Crippen molar-refractivity contribution in [1.29, 1.82) is 0 Å². The van der Waals surface area contributed by atoms with E-state index in [1.54, 1.807) is 18.2 Å². The number of anilines is 1. The van der Waals surface area contributed by atoms with Gasteiger partial charge in [-0.2, -0.15) is 0 Å². The van der Waals surface area contributed by atoms with E-state index in [1.165, 1.54) is 12.7 Å². The van der Waals surface area contributed by atoms with Crippen LogP contribution in [0.1, 0.15) is 28.8 Å². The first-order valence-electron chi connectivity index (χ1n) is 9.67. The van der Waals surface area contributed by atoms with Crippen LogP contribution >= 0.6 is 0 Å². The molecule has 0 radical (unpaired) electrons. The van der Waals surface area contributed by atoms with Crippen LogP contribution in [-0.2, 0) is 16.8 Å². The number of rotatable bonds is 6. The van der Waals surface area contributed by atoms with Crippen molar-refractivity contribution in [2.75, 3.05) is 38.0 Å². The van der Waals surface area contributed by atoms with Gasteiger partial charge >= 0.3 is 0 Å². The lowest BCUT2D eigenvalue weighted by atomic mass is 10.0. The molecule has 2 fully saturated rings. The Morgan fingerprint density at radius 3 is 2.38 bits per heavy atom. The van der Waals surface area contributed by atoms with E-state index in [0.717, 1.165) is 25.9 Å². The third kappa shape index (κ3) is 4.01. The normalized spacial score (nSPS) is 19.4. The van der Waals surface area contributed by atoms with Crippen LogP contribution in [0.3, 0.4) is 0 Å². The molecular weight excluding hydrogens is 390 g/mol. The van der Waals surface area contributed by atoms with Crippen LogP contribution in [0.25, 0.3) is 0 Å². The molecule has 1 unspecified atom stereocenters. The fourth-order valence-electron chi connectivity index (χ4n) is 4.17. The van der Waals surface area contributed by atoms with Gasteiger partial charge in [-0.1, -0.05) is 30.3 Å². The molecule has 8 heteroatoms. The second-order valence-corrected chi connectivity index (χ2v) is 8.10. The summed E-state index contributed by atoms with van der Waals surface area (Å²) in [4.78, 5) is 17.3. The van der Waals surface area contributed by atoms with Crippen LogP contribution in [0.4, 0.5) is 5.69 Å². The predicted octanol–water partition coefficient (Wildman–Crippen LogP) is 2.35. The first kappa shape index (κ1) is 19.9. The van der Waals surface area contributed by atoms with E-state index in [-0.39, 0.29) is 11.4 Å². The summed E-state index contributed by atoms with van der Waals surface area (Å²) in [5.41, 5.74) is 2.30. The zero-order valence-electron chi connectivity index (χ0n) is 16.3. The molecule has 0 aromatic heterocycles. The molecule has 4 rings (SSSR count). The van der Waals surface area contributed by atoms with Crippen LogP contribution in [0.2, 0.25) is 0 Å². The highest BCUT2D eigenvalue weighted by Gasteiger charge is 2.49. The molecule has 1 saturated heterocycles. The van der Waals surface area contributed by atoms with Gasteiger partial charge in [0.2, 0.25) is 0 Å². The van der Waals surface area contributed by atoms with Gasteiger partial charge in [0.1, 0.15) is 5.75 Å². The number of hydrogen-bond donors (Lipinski definition) is 1. The molecule has 2 aliphatic rings. The third-order valence-electron chi connectivity index (χ3n) is 5.85. The van der Waals surface area contributed by atoms with Gasteiger partial charge in [0.25, 0.3) is 5.91 Å². The highest BCUT2D eigenvalue weighted by atomic mass is 32.2. The van der Waals surface area contributed by atoms with Gasteiger partial charge in [-0.15, -0.1) is 0 Å². The number of carbonyl (C=O) groups excluding carboxylic acids is 1. The number of methoxy groups -OCH3 is 1. The average Bonchev–Trinajstić information content (AvgIpc) is 3.56. The molecule has 7 nitrogen and oxygen atoms in total. The smallest absolute Gasteiger partial charge is 0.254 e. The van der Waals surface area contributed by atoms with Crippen LogP contribution in [0.15, 0.2) is 48.5 Å². The molecule has 0 bridgehead atoms. The van der Waals surface area contributed by atoms with Crippen LogP contribution in [-0.4, -0.2) is 57.8 Å². The second-order valence-electron chi connectivity index (χ2n) is 7.43. The van der Waals surface area contributed by atoms with Crippen molar-refractivity contribution in [3.05, 3.63) is 59.7 Å². The van der Waals surface area contributed by atoms with Gasteiger partial charge in [0, 0.05) is 48.5 Å². The van der Waals surface area contributed by atoms with Crippen molar-refractivity contribution in [3.8, 4) is 5.75 Å². The zero-order valence-corrected chi connectivity index (χ0v) is 17.1. The summed E-state index contributed by atoms with van der Waals surface area (Å²) in [6, 6.07) is 15.4. The molecule has 2 aromatic carbocycles. The Labute approximate surface area is 173 Å². The summed E-state index contributed by atoms with van der Waals surface area (Å²) in [6.07, 6.45) is 2.33. The molecule has 1 aliphatic carbocycles.